The summed E-state index contributed by atoms with van der Waals surface area (Å²) in [4.78, 5) is 18.6. The average Bonchev–Trinajstić information content (AvgIpc) is 1.69. The topological polar surface area (TPSA) is 108 Å². The molecule has 0 amide bonds. The molecular formula is H2N4O4. The third-order valence-electron chi connectivity index (χ3n) is 0.321. The molecule has 8 nitrogen and oxygen atoms in total. The SMILES string of the molecule is O=NN(NO)[N+](=O)[O-]. The first-order valence-electron chi connectivity index (χ1n) is 1.39. The van der Waals surface area contributed by atoms with Gasteiger partial charge in [-0.05, 0) is 5.59 Å². The van der Waals surface area contributed by atoms with Gasteiger partial charge < -0.3 is 10.1 Å². The Hall–Kier alpha value is -1.28. The van der Waals surface area contributed by atoms with Crippen LogP contribution in [0.15, 0.2) is 5.29 Å². The van der Waals surface area contributed by atoms with E-state index in [1.165, 1.54) is 0 Å². The lowest BCUT2D eigenvalue weighted by Gasteiger charge is -1.97. The minimum Gasteiger partial charge on any atom is -0.338 e. The van der Waals surface area contributed by atoms with Gasteiger partial charge in [-0.15, -0.1) is 0 Å². The van der Waals surface area contributed by atoms with Gasteiger partial charge in [-0.3, -0.25) is 5.21 Å². The van der Waals surface area contributed by atoms with E-state index in [1.807, 2.05) is 0 Å². The first kappa shape index (κ1) is 6.72. The second-order valence-electron chi connectivity index (χ2n) is 0.709. The normalized spacial score (nSPS) is 8.12. The molecule has 0 radical (unpaired) electrons. The van der Waals surface area contributed by atoms with Gasteiger partial charge in [0, 0.05) is 4.91 Å². The largest absolute Gasteiger partial charge is 0.338 e. The summed E-state index contributed by atoms with van der Waals surface area (Å²) in [6.07, 6.45) is 0. The first-order chi connectivity index (χ1) is 3.72. The molecule has 2 N–H and O–H groups in total. The number of rotatable bonds is 3. The highest BCUT2D eigenvalue weighted by Gasteiger charge is 2.10. The van der Waals surface area contributed by atoms with Crippen molar-refractivity contribution in [1.29, 1.82) is 0 Å². The molecule has 0 spiro atoms. The van der Waals surface area contributed by atoms with Crippen LogP contribution in [-0.2, 0) is 0 Å². The third-order valence-corrected chi connectivity index (χ3v) is 0.321. The Bertz CT molecular complexity index is 98.2. The second kappa shape index (κ2) is 2.82. The number of hydrogen-bond acceptors (Lipinski definition) is 6. The maximum Gasteiger partial charge on any atom is 0.330 e. The highest BCUT2D eigenvalue weighted by molar-refractivity contribution is 4.09. The number of nitro groups is 1. The van der Waals surface area contributed by atoms with E-state index in [0.717, 1.165) is 5.59 Å². The molecule has 46 valence electrons. The Kier molecular flexibility index (Phi) is 2.37. The molecule has 0 rings (SSSR count). The van der Waals surface area contributed by atoms with Gasteiger partial charge in [0.15, 0.2) is 0 Å². The van der Waals surface area contributed by atoms with Crippen molar-refractivity contribution >= 4 is 0 Å². The Labute approximate surface area is 42.7 Å². The van der Waals surface area contributed by atoms with Gasteiger partial charge in [0.05, 0.1) is 5.03 Å². The number of nitrogens with one attached hydrogen (secondary N) is 1. The number of hydrogen-bond donors (Lipinski definition) is 2. The molecule has 0 fully saturated rings. The summed E-state index contributed by atoms with van der Waals surface area (Å²) in [5.74, 6) is 0. The molecular weight excluding hydrogens is 120 g/mol. The summed E-state index contributed by atoms with van der Waals surface area (Å²) in [6.45, 7) is 0. The lowest BCUT2D eigenvalue weighted by atomic mass is 12.1. The predicted molar refractivity (Wildman–Crippen MR) is 19.6 cm³/mol. The zero-order valence-corrected chi connectivity index (χ0v) is 3.51. The van der Waals surface area contributed by atoms with Crippen LogP contribution in [0.25, 0.3) is 0 Å². The standard InChI is InChI=1S/H2N4O4/c5-1-3(2-6)4(7)8/h1,5H. The molecule has 0 bridgehead atoms. The Balaban J connectivity index is 3.69. The van der Waals surface area contributed by atoms with Crippen molar-refractivity contribution in [2.45, 2.75) is 0 Å². The van der Waals surface area contributed by atoms with Crippen LogP contribution in [0.4, 0.5) is 0 Å². The molecule has 0 aromatic heterocycles. The van der Waals surface area contributed by atoms with Crippen LogP contribution in [0.3, 0.4) is 0 Å². The van der Waals surface area contributed by atoms with Crippen molar-refractivity contribution < 1.29 is 10.2 Å². The molecule has 0 aromatic carbocycles. The highest BCUT2D eigenvalue weighted by atomic mass is 16.7. The Morgan fingerprint density at radius 3 is 2.38 bits per heavy atom. The van der Waals surface area contributed by atoms with Crippen molar-refractivity contribution in [3.8, 4) is 0 Å². The van der Waals surface area contributed by atoms with Crippen molar-refractivity contribution in [3.05, 3.63) is 15.0 Å². The van der Waals surface area contributed by atoms with E-state index in [-0.39, 0.29) is 0 Å². The van der Waals surface area contributed by atoms with Gasteiger partial charge in [-0.1, -0.05) is 0 Å². The summed E-state index contributed by atoms with van der Waals surface area (Å²) >= 11 is 0. The van der Waals surface area contributed by atoms with Gasteiger partial charge in [-0.25, -0.2) is 0 Å². The molecule has 0 aromatic rings. The lowest BCUT2D eigenvalue weighted by Crippen LogP contribution is -2.34. The molecule has 8 heavy (non-hydrogen) atoms. The first-order valence-corrected chi connectivity index (χ1v) is 1.39. The molecule has 0 aliphatic heterocycles. The van der Waals surface area contributed by atoms with Crippen LogP contribution in [0.1, 0.15) is 0 Å². The summed E-state index contributed by atoms with van der Waals surface area (Å²) in [6, 6.07) is 0. The second-order valence-corrected chi connectivity index (χ2v) is 0.709. The van der Waals surface area contributed by atoms with E-state index >= 15 is 0 Å². The zero-order valence-electron chi connectivity index (χ0n) is 3.51. The maximum absolute atomic E-state index is 9.38. The summed E-state index contributed by atoms with van der Waals surface area (Å²) in [5.41, 5.74) is 0.906. The summed E-state index contributed by atoms with van der Waals surface area (Å²) in [7, 11) is 0. The van der Waals surface area contributed by atoms with E-state index in [2.05, 4.69) is 0 Å². The van der Waals surface area contributed by atoms with Crippen LogP contribution >= 0.6 is 0 Å². The lowest BCUT2D eigenvalue weighted by molar-refractivity contribution is -0.685. The van der Waals surface area contributed by atoms with Crippen molar-refractivity contribution in [2.75, 3.05) is 0 Å². The molecule has 0 aliphatic carbocycles. The Morgan fingerprint density at radius 1 is 1.88 bits per heavy atom. The van der Waals surface area contributed by atoms with Gasteiger partial charge in [0.1, 0.15) is 5.23 Å². The summed E-state index contributed by atoms with van der Waals surface area (Å²) < 4.78 is 0. The van der Waals surface area contributed by atoms with Crippen LogP contribution in [-0.4, -0.2) is 15.5 Å². The quantitative estimate of drug-likeness (QED) is 0.284. The maximum atomic E-state index is 9.38. The molecule has 0 heterocycles. The molecule has 0 aliphatic rings. The molecule has 8 heteroatoms. The van der Waals surface area contributed by atoms with E-state index in [0.29, 0.717) is 0 Å². The van der Waals surface area contributed by atoms with E-state index in [1.54, 1.807) is 5.29 Å². The van der Waals surface area contributed by atoms with Crippen LogP contribution in [0, 0.1) is 15.0 Å². The van der Waals surface area contributed by atoms with E-state index in [9.17, 15) is 15.0 Å². The fourth-order valence-corrected chi connectivity index (χ4v) is 0.0846. The van der Waals surface area contributed by atoms with Crippen LogP contribution < -0.4 is 5.59 Å². The van der Waals surface area contributed by atoms with Gasteiger partial charge in [-0.2, -0.15) is 0 Å². The minimum atomic E-state index is -1.23. The fraction of sp³-hybridized carbons (Fsp3) is 0. The Morgan fingerprint density at radius 2 is 2.38 bits per heavy atom. The zero-order chi connectivity index (χ0) is 6.57. The van der Waals surface area contributed by atoms with Crippen molar-refractivity contribution in [3.63, 3.8) is 0 Å². The average molecular weight is 122 g/mol. The predicted octanol–water partition coefficient (Wildman–Crippen LogP) is -0.945. The molecule has 0 saturated carbocycles. The smallest absolute Gasteiger partial charge is 0.330 e. The van der Waals surface area contributed by atoms with Crippen LogP contribution in [0.2, 0.25) is 0 Å². The number of nitroso groups, excluding NO2 is 1. The highest BCUT2D eigenvalue weighted by Crippen LogP contribution is 1.77. The van der Waals surface area contributed by atoms with E-state index < -0.39 is 10.3 Å². The minimum absolute atomic E-state index is 0.486. The number of nitrogens with zero attached hydrogens (tertiary/aromatic N) is 3. The third kappa shape index (κ3) is 1.45. The van der Waals surface area contributed by atoms with Crippen molar-refractivity contribution in [2.24, 2.45) is 5.29 Å². The number of hydrazine groups is 2. The molecule has 0 atom stereocenters. The molecule has 0 saturated heterocycles. The summed E-state index contributed by atoms with van der Waals surface area (Å²) in [5, 5.41) is 17.0. The van der Waals surface area contributed by atoms with Crippen LogP contribution in [0.5, 0.6) is 0 Å². The van der Waals surface area contributed by atoms with Gasteiger partial charge in [0.2, 0.25) is 0 Å². The van der Waals surface area contributed by atoms with Gasteiger partial charge in [0.25, 0.3) is 0 Å². The molecule has 0 unspecified atom stereocenters. The van der Waals surface area contributed by atoms with Crippen molar-refractivity contribution in [1.82, 2.24) is 10.8 Å². The fourth-order valence-electron chi connectivity index (χ4n) is 0.0846. The monoisotopic (exact) mass is 122 g/mol. The van der Waals surface area contributed by atoms with E-state index in [4.69, 9.17) is 5.21 Å². The van der Waals surface area contributed by atoms with Gasteiger partial charge >= 0.3 is 5.29 Å².